The van der Waals surface area contributed by atoms with Crippen LogP contribution in [0.3, 0.4) is 0 Å². The Balaban J connectivity index is 2.33. The van der Waals surface area contributed by atoms with E-state index in [1.54, 1.807) is 18.2 Å². The van der Waals surface area contributed by atoms with Crippen LogP contribution in [0.5, 0.6) is 0 Å². The van der Waals surface area contributed by atoms with E-state index in [2.05, 4.69) is 21.2 Å². The molecule has 4 heteroatoms. The van der Waals surface area contributed by atoms with Crippen molar-refractivity contribution in [2.24, 2.45) is 0 Å². The van der Waals surface area contributed by atoms with E-state index in [4.69, 9.17) is 5.73 Å². The molecule has 0 saturated carbocycles. The van der Waals surface area contributed by atoms with Crippen molar-refractivity contribution in [1.29, 1.82) is 0 Å². The zero-order valence-corrected chi connectivity index (χ0v) is 11.5. The number of nitrogens with two attached hydrogens (primary N) is 1. The fourth-order valence-electron chi connectivity index (χ4n) is 1.61. The van der Waals surface area contributed by atoms with E-state index >= 15 is 0 Å². The van der Waals surface area contributed by atoms with Crippen LogP contribution in [0.4, 0.5) is 17.1 Å². The van der Waals surface area contributed by atoms with Crippen LogP contribution in [0.15, 0.2) is 46.9 Å². The molecule has 92 valence electrons. The average molecular weight is 305 g/mol. The number of hydrogen-bond acceptors (Lipinski definition) is 3. The third kappa shape index (κ3) is 2.90. The van der Waals surface area contributed by atoms with Crippen molar-refractivity contribution in [2.45, 2.75) is 6.92 Å². The summed E-state index contributed by atoms with van der Waals surface area (Å²) in [6, 6.07) is 13.0. The predicted molar refractivity (Wildman–Crippen MR) is 78.3 cm³/mol. The minimum atomic E-state index is 0.0206. The van der Waals surface area contributed by atoms with E-state index in [1.165, 1.54) is 6.92 Å². The van der Waals surface area contributed by atoms with Crippen molar-refractivity contribution in [3.05, 3.63) is 52.5 Å². The molecule has 0 spiro atoms. The normalized spacial score (nSPS) is 10.1. The Hall–Kier alpha value is -1.81. The molecule has 0 unspecified atom stereocenters. The monoisotopic (exact) mass is 304 g/mol. The first-order valence-corrected chi connectivity index (χ1v) is 6.28. The fraction of sp³-hybridized carbons (Fsp3) is 0.0714. The molecule has 0 atom stereocenters. The first-order valence-electron chi connectivity index (χ1n) is 5.49. The lowest BCUT2D eigenvalue weighted by Gasteiger charge is -2.10. The molecule has 0 aliphatic carbocycles. The fourth-order valence-corrected chi connectivity index (χ4v) is 2.00. The standard InChI is InChI=1S/C14H13BrN2O/c1-9(18)10-5-6-13(16)14(7-10)17-12-4-2-3-11(15)8-12/h2-8,17H,16H2,1H3. The van der Waals surface area contributed by atoms with Gasteiger partial charge in [-0.1, -0.05) is 22.0 Å². The Morgan fingerprint density at radius 3 is 2.67 bits per heavy atom. The molecule has 0 saturated heterocycles. The number of nitrogens with one attached hydrogen (secondary N) is 1. The summed E-state index contributed by atoms with van der Waals surface area (Å²) in [6.07, 6.45) is 0. The lowest BCUT2D eigenvalue weighted by atomic mass is 10.1. The lowest BCUT2D eigenvalue weighted by Crippen LogP contribution is -1.99. The van der Waals surface area contributed by atoms with Gasteiger partial charge in [0, 0.05) is 15.7 Å². The molecular formula is C14H13BrN2O. The SMILES string of the molecule is CC(=O)c1ccc(N)c(Nc2cccc(Br)c2)c1. The Labute approximate surface area is 114 Å². The van der Waals surface area contributed by atoms with Gasteiger partial charge >= 0.3 is 0 Å². The number of benzene rings is 2. The maximum atomic E-state index is 11.3. The summed E-state index contributed by atoms with van der Waals surface area (Å²) in [7, 11) is 0. The maximum absolute atomic E-state index is 11.3. The molecule has 18 heavy (non-hydrogen) atoms. The second kappa shape index (κ2) is 5.23. The number of anilines is 3. The number of Topliss-reactive ketones (excluding diaryl/α,β-unsaturated/α-hetero) is 1. The Bertz CT molecular complexity index is 596. The van der Waals surface area contributed by atoms with E-state index in [-0.39, 0.29) is 5.78 Å². The number of carbonyl (C=O) groups excluding carboxylic acids is 1. The van der Waals surface area contributed by atoms with Crippen LogP contribution in [-0.2, 0) is 0 Å². The van der Waals surface area contributed by atoms with Gasteiger partial charge in [-0.25, -0.2) is 0 Å². The molecule has 0 radical (unpaired) electrons. The molecule has 2 aromatic carbocycles. The first kappa shape index (κ1) is 12.6. The van der Waals surface area contributed by atoms with Crippen molar-refractivity contribution < 1.29 is 4.79 Å². The summed E-state index contributed by atoms with van der Waals surface area (Å²) >= 11 is 3.41. The van der Waals surface area contributed by atoms with Gasteiger partial charge in [-0.2, -0.15) is 0 Å². The third-order valence-electron chi connectivity index (χ3n) is 2.56. The smallest absolute Gasteiger partial charge is 0.159 e. The molecule has 0 aliphatic heterocycles. The summed E-state index contributed by atoms with van der Waals surface area (Å²) in [5.41, 5.74) is 8.79. The van der Waals surface area contributed by atoms with Crippen LogP contribution in [0.25, 0.3) is 0 Å². The van der Waals surface area contributed by atoms with Gasteiger partial charge in [-0.05, 0) is 43.3 Å². The third-order valence-corrected chi connectivity index (χ3v) is 3.06. The van der Waals surface area contributed by atoms with E-state index in [9.17, 15) is 4.79 Å². The Morgan fingerprint density at radius 2 is 2.00 bits per heavy atom. The van der Waals surface area contributed by atoms with Gasteiger partial charge in [0.15, 0.2) is 5.78 Å². The van der Waals surface area contributed by atoms with E-state index in [0.717, 1.165) is 15.8 Å². The molecule has 2 rings (SSSR count). The van der Waals surface area contributed by atoms with Crippen LogP contribution in [0.2, 0.25) is 0 Å². The summed E-state index contributed by atoms with van der Waals surface area (Å²) in [5, 5.41) is 3.20. The van der Waals surface area contributed by atoms with Crippen molar-refractivity contribution in [3.63, 3.8) is 0 Å². The Morgan fingerprint density at radius 1 is 1.22 bits per heavy atom. The van der Waals surface area contributed by atoms with Crippen molar-refractivity contribution in [3.8, 4) is 0 Å². The highest BCUT2D eigenvalue weighted by Gasteiger charge is 2.05. The number of carbonyl (C=O) groups is 1. The maximum Gasteiger partial charge on any atom is 0.159 e. The average Bonchev–Trinajstić information content (AvgIpc) is 2.31. The molecule has 0 amide bonds. The summed E-state index contributed by atoms with van der Waals surface area (Å²) in [5.74, 6) is 0.0206. The van der Waals surface area contributed by atoms with Crippen molar-refractivity contribution in [2.75, 3.05) is 11.1 Å². The lowest BCUT2D eigenvalue weighted by molar-refractivity contribution is 0.101. The van der Waals surface area contributed by atoms with Crippen molar-refractivity contribution in [1.82, 2.24) is 0 Å². The molecule has 0 fully saturated rings. The van der Waals surface area contributed by atoms with E-state index < -0.39 is 0 Å². The molecule has 2 aromatic rings. The van der Waals surface area contributed by atoms with E-state index in [0.29, 0.717) is 11.3 Å². The summed E-state index contributed by atoms with van der Waals surface area (Å²) in [4.78, 5) is 11.3. The van der Waals surface area contributed by atoms with Gasteiger partial charge < -0.3 is 11.1 Å². The highest BCUT2D eigenvalue weighted by atomic mass is 79.9. The highest BCUT2D eigenvalue weighted by molar-refractivity contribution is 9.10. The van der Waals surface area contributed by atoms with Gasteiger partial charge in [0.2, 0.25) is 0 Å². The van der Waals surface area contributed by atoms with Gasteiger partial charge in [0.05, 0.1) is 11.4 Å². The van der Waals surface area contributed by atoms with Gasteiger partial charge in [-0.3, -0.25) is 4.79 Å². The molecule has 0 heterocycles. The molecule has 0 bridgehead atoms. The summed E-state index contributed by atoms with van der Waals surface area (Å²) < 4.78 is 0.980. The van der Waals surface area contributed by atoms with Gasteiger partial charge in [0.1, 0.15) is 0 Å². The van der Waals surface area contributed by atoms with Crippen LogP contribution in [-0.4, -0.2) is 5.78 Å². The molecule has 0 aliphatic rings. The Kier molecular flexibility index (Phi) is 3.67. The van der Waals surface area contributed by atoms with Gasteiger partial charge in [-0.15, -0.1) is 0 Å². The minimum absolute atomic E-state index is 0.0206. The number of hydrogen-bond donors (Lipinski definition) is 2. The molecule has 0 aromatic heterocycles. The zero-order chi connectivity index (χ0) is 13.1. The number of halogens is 1. The van der Waals surface area contributed by atoms with Crippen LogP contribution >= 0.6 is 15.9 Å². The predicted octanol–water partition coefficient (Wildman–Crippen LogP) is 3.98. The number of rotatable bonds is 3. The van der Waals surface area contributed by atoms with E-state index in [1.807, 2.05) is 24.3 Å². The first-order chi connectivity index (χ1) is 8.56. The van der Waals surface area contributed by atoms with Gasteiger partial charge in [0.25, 0.3) is 0 Å². The van der Waals surface area contributed by atoms with Crippen LogP contribution < -0.4 is 11.1 Å². The second-order valence-corrected chi connectivity index (χ2v) is 4.91. The topological polar surface area (TPSA) is 55.1 Å². The molecular weight excluding hydrogens is 292 g/mol. The van der Waals surface area contributed by atoms with Crippen LogP contribution in [0, 0.1) is 0 Å². The summed E-state index contributed by atoms with van der Waals surface area (Å²) in [6.45, 7) is 1.54. The molecule has 3 N–H and O–H groups in total. The number of nitrogen functional groups attached to an aromatic ring is 1. The zero-order valence-electron chi connectivity index (χ0n) is 9.91. The van der Waals surface area contributed by atoms with Crippen molar-refractivity contribution >= 4 is 38.8 Å². The minimum Gasteiger partial charge on any atom is -0.397 e. The quantitative estimate of drug-likeness (QED) is 0.666. The molecule has 3 nitrogen and oxygen atoms in total. The highest BCUT2D eigenvalue weighted by Crippen LogP contribution is 2.26. The largest absolute Gasteiger partial charge is 0.397 e. The second-order valence-electron chi connectivity index (χ2n) is 3.99. The van der Waals surface area contributed by atoms with Crippen LogP contribution in [0.1, 0.15) is 17.3 Å². The number of ketones is 1.